The molecule has 1 aliphatic carbocycles. The Labute approximate surface area is 481 Å². The van der Waals surface area contributed by atoms with Crippen molar-refractivity contribution in [3.63, 3.8) is 0 Å². The van der Waals surface area contributed by atoms with Crippen LogP contribution in [0.4, 0.5) is 0 Å². The van der Waals surface area contributed by atoms with E-state index in [1.807, 2.05) is 0 Å². The molecule has 6 atom stereocenters. The molecule has 0 aliphatic heterocycles. The summed E-state index contributed by atoms with van der Waals surface area (Å²) in [7, 11) is -39.4. The first-order valence-electron chi connectivity index (χ1n) is 7.83. The zero-order chi connectivity index (χ0) is 28.7. The molecule has 0 saturated heterocycles. The van der Waals surface area contributed by atoms with Crippen LogP contribution >= 0.6 is 46.9 Å². The summed E-state index contributed by atoms with van der Waals surface area (Å²) in [6.07, 6.45) is -21.0. The molecule has 0 unspecified atom stereocenters. The van der Waals surface area contributed by atoms with Gasteiger partial charge in [0.25, 0.3) is 0 Å². The quantitative estimate of drug-likeness (QED) is 0.136. The van der Waals surface area contributed by atoms with Crippen LogP contribution in [0.2, 0.25) is 0 Å². The van der Waals surface area contributed by atoms with Crippen molar-refractivity contribution in [2.45, 2.75) is 36.6 Å². The van der Waals surface area contributed by atoms with Gasteiger partial charge in [-0.2, -0.15) is 0 Å². The monoisotopic (exact) mass is 880 g/mol. The molecule has 0 aromatic heterocycles. The van der Waals surface area contributed by atoms with Gasteiger partial charge in [0, 0.05) is 0 Å². The maximum absolute atomic E-state index is 11.3. The van der Waals surface area contributed by atoms with E-state index in [9.17, 15) is 76.3 Å². The second-order valence-electron chi connectivity index (χ2n) is 6.15. The molecule has 0 heterocycles. The topological polar surface area (TPSA) is 429 Å². The normalized spacial score (nSPS) is 23.0. The maximum atomic E-state index is 11.3. The zero-order valence-electron chi connectivity index (χ0n) is 26.0. The summed E-state index contributed by atoms with van der Waals surface area (Å²) in [5.74, 6) is 0. The molecule has 40 heteroatoms. The van der Waals surface area contributed by atoms with Crippen LogP contribution in [0.1, 0.15) is 0 Å². The van der Waals surface area contributed by atoms with Crippen LogP contribution in [0.15, 0.2) is 0 Å². The van der Waals surface area contributed by atoms with Gasteiger partial charge < -0.3 is 104 Å². The van der Waals surface area contributed by atoms with Gasteiger partial charge in [0.15, 0.2) is 0 Å². The van der Waals surface area contributed by atoms with Crippen molar-refractivity contribution in [1.82, 2.24) is 0 Å². The van der Waals surface area contributed by atoms with Gasteiger partial charge >= 0.3 is 303 Å². The van der Waals surface area contributed by atoms with E-state index < -0.39 is 83.6 Å². The van der Waals surface area contributed by atoms with Crippen molar-refractivity contribution in [2.24, 2.45) is 0 Å². The van der Waals surface area contributed by atoms with Gasteiger partial charge in [-0.1, -0.05) is 0 Å². The SMILES string of the molecule is O=P([O-])([O-])O[C@@H]1[C@@H](OP(=O)([O-])[O-])[C@H](OP(=O)([O-])[O-])[C@@H](OP(=O)(O)O)[C@@H](OP(=O)([O-])[O-])[C@H]1OP(=O)([O-])[O-].[Na+].[Na+].[Na+].[Na+].[Na+].[Na+].[Na+].[Na+].[Na+].[Na+]. The Morgan fingerprint density at radius 2 is 0.413 bits per heavy atom. The Kier molecular flexibility index (Phi) is 58.4. The van der Waals surface area contributed by atoms with Gasteiger partial charge in [0.05, 0.1) is 39.1 Å². The molecule has 2 N–H and O–H groups in total. The van der Waals surface area contributed by atoms with Crippen LogP contribution < -0.4 is 345 Å². The molecule has 0 amide bonds. The Morgan fingerprint density at radius 1 is 0.304 bits per heavy atom. The largest absolute Gasteiger partial charge is 1.00 e. The van der Waals surface area contributed by atoms with E-state index in [4.69, 9.17) is 9.79 Å². The minimum Gasteiger partial charge on any atom is -0.790 e. The summed E-state index contributed by atoms with van der Waals surface area (Å²) < 4.78 is 89.1. The van der Waals surface area contributed by atoms with Crippen LogP contribution in [-0.4, -0.2) is 46.4 Å². The Morgan fingerprint density at radius 3 is 0.500 bits per heavy atom. The summed E-state index contributed by atoms with van der Waals surface area (Å²) >= 11 is 0. The number of hydrogen-bond acceptors (Lipinski definition) is 22. The number of phosphoric ester groups is 6. The third-order valence-corrected chi connectivity index (χ3v) is 6.48. The fourth-order valence-corrected chi connectivity index (χ4v) is 5.99. The molecule has 1 saturated carbocycles. The number of phosphoric acid groups is 6. The zero-order valence-corrected chi connectivity index (χ0v) is 51.4. The molecule has 0 aromatic carbocycles. The summed E-state index contributed by atoms with van der Waals surface area (Å²) in [6.45, 7) is 0. The summed E-state index contributed by atoms with van der Waals surface area (Å²) in [5.41, 5.74) is 0. The van der Waals surface area contributed by atoms with Gasteiger partial charge in [0.1, 0.15) is 36.6 Å². The average Bonchev–Trinajstić information content (AvgIpc) is 2.51. The van der Waals surface area contributed by atoms with Crippen LogP contribution in [0, 0.1) is 0 Å². The summed E-state index contributed by atoms with van der Waals surface area (Å²) in [5, 5.41) is 0. The van der Waals surface area contributed by atoms with E-state index in [2.05, 4.69) is 27.1 Å². The van der Waals surface area contributed by atoms with E-state index >= 15 is 0 Å². The van der Waals surface area contributed by atoms with Crippen LogP contribution in [0.25, 0.3) is 0 Å². The van der Waals surface area contributed by atoms with Crippen molar-refractivity contribution < 1.29 is 409 Å². The van der Waals surface area contributed by atoms with Crippen molar-refractivity contribution in [3.05, 3.63) is 0 Å². The predicted octanol–water partition coefficient (Wildman–Crippen LogP) is -39.4. The van der Waals surface area contributed by atoms with Crippen molar-refractivity contribution >= 4 is 46.9 Å². The van der Waals surface area contributed by atoms with Gasteiger partial charge in [0.2, 0.25) is 0 Å². The van der Waals surface area contributed by atoms with E-state index in [0.717, 1.165) is 0 Å². The first kappa shape index (κ1) is 80.6. The van der Waals surface area contributed by atoms with Crippen LogP contribution in [-0.2, 0) is 54.5 Å². The molecule has 0 aromatic rings. The molecule has 0 radical (unpaired) electrons. The standard InChI is InChI=1S/C6H18O24P6.10Na/c7-31(8,9)25-1-2(26-32(10,11)12)4(28-34(16,17)18)6(30-36(22,23)24)5(29-35(19,20)21)3(1)27-33(13,14)15;;;;;;;;;;/h1-6H,(H2,7,8,9)(H2,10,11,12)(H2,13,14,15)(H2,16,17,18)(H2,19,20,21)(H2,22,23,24);;;;;;;;;;/q;10*+1/p-10/t1-,2-,3-,4+,5-,6-;;;;;;;;;;. The van der Waals surface area contributed by atoms with Gasteiger partial charge in [-0.05, 0) is 0 Å². The third-order valence-electron chi connectivity index (χ3n) is 3.46. The second kappa shape index (κ2) is 33.3. The van der Waals surface area contributed by atoms with E-state index in [1.54, 1.807) is 0 Å². The second-order valence-corrected chi connectivity index (χ2v) is 12.9. The number of hydrogen-bond donors (Lipinski definition) is 2. The fourth-order valence-electron chi connectivity index (χ4n) is 2.75. The maximum Gasteiger partial charge on any atom is 1.00 e. The van der Waals surface area contributed by atoms with Crippen molar-refractivity contribution in [3.8, 4) is 0 Å². The van der Waals surface area contributed by atoms with Crippen LogP contribution in [0.3, 0.4) is 0 Å². The molecule has 0 spiro atoms. The van der Waals surface area contributed by atoms with Gasteiger partial charge in [-0.25, -0.2) is 4.57 Å². The predicted molar refractivity (Wildman–Crippen MR) is 79.3 cm³/mol. The van der Waals surface area contributed by atoms with Gasteiger partial charge in [-0.15, -0.1) is 0 Å². The summed E-state index contributed by atoms with van der Waals surface area (Å²) in [6, 6.07) is 0. The van der Waals surface area contributed by atoms with E-state index in [-0.39, 0.29) is 296 Å². The van der Waals surface area contributed by atoms with Gasteiger partial charge in [-0.3, -0.25) is 4.52 Å². The average molecular weight is 880 g/mol. The van der Waals surface area contributed by atoms with Crippen molar-refractivity contribution in [2.75, 3.05) is 0 Å². The Balaban J connectivity index is -0.000000162. The third kappa shape index (κ3) is 37.6. The molecule has 216 valence electrons. The fraction of sp³-hybridized carbons (Fsp3) is 1.00. The molecule has 24 nitrogen and oxygen atoms in total. The number of rotatable bonds is 12. The first-order chi connectivity index (χ1) is 15.6. The smallest absolute Gasteiger partial charge is 0.790 e. The molecule has 1 aliphatic rings. The molecule has 0 bridgehead atoms. The minimum absolute atomic E-state index is 0. The molecule has 46 heavy (non-hydrogen) atoms. The molecule has 1 rings (SSSR count). The van der Waals surface area contributed by atoms with E-state index in [1.165, 1.54) is 0 Å². The van der Waals surface area contributed by atoms with Crippen molar-refractivity contribution in [1.29, 1.82) is 0 Å². The molecular weight excluding hydrogens is 872 g/mol. The summed E-state index contributed by atoms with van der Waals surface area (Å²) in [4.78, 5) is 129. The minimum atomic E-state index is -6.66. The Bertz CT molecular complexity index is 853. The Hall–Kier alpha value is 10.7. The first-order valence-corrected chi connectivity index (χ1v) is 16.7. The molecular formula is C6H8Na10O24P6. The molecule has 1 fully saturated rings. The van der Waals surface area contributed by atoms with Crippen LogP contribution in [0.5, 0.6) is 0 Å². The van der Waals surface area contributed by atoms with E-state index in [0.29, 0.717) is 0 Å².